The van der Waals surface area contributed by atoms with Crippen LogP contribution in [0.3, 0.4) is 0 Å². The van der Waals surface area contributed by atoms with Crippen molar-refractivity contribution in [3.05, 3.63) is 65.4 Å². The lowest BCUT2D eigenvalue weighted by Gasteiger charge is -2.17. The molecule has 156 valence electrons. The third-order valence-electron chi connectivity index (χ3n) is 5.73. The number of benzene rings is 2. The van der Waals surface area contributed by atoms with Gasteiger partial charge in [-0.25, -0.2) is 0 Å². The van der Waals surface area contributed by atoms with Crippen LogP contribution in [0.1, 0.15) is 29.2 Å². The molecule has 4 rings (SSSR count). The van der Waals surface area contributed by atoms with Crippen molar-refractivity contribution in [2.24, 2.45) is 0 Å². The molecule has 1 saturated heterocycles. The van der Waals surface area contributed by atoms with E-state index in [9.17, 15) is 4.79 Å². The highest BCUT2D eigenvalue weighted by Crippen LogP contribution is 2.30. The van der Waals surface area contributed by atoms with Crippen LogP contribution >= 0.6 is 0 Å². The number of ether oxygens (including phenoxy) is 2. The van der Waals surface area contributed by atoms with Gasteiger partial charge in [-0.1, -0.05) is 35.9 Å². The van der Waals surface area contributed by atoms with Gasteiger partial charge in [-0.15, -0.1) is 0 Å². The molecule has 2 heterocycles. The summed E-state index contributed by atoms with van der Waals surface area (Å²) in [6, 6.07) is 16.1. The Kier molecular flexibility index (Phi) is 5.74. The predicted molar refractivity (Wildman–Crippen MR) is 116 cm³/mol. The molecule has 0 bridgehead atoms. The third kappa shape index (κ3) is 4.17. The molecule has 0 saturated carbocycles. The van der Waals surface area contributed by atoms with Crippen molar-refractivity contribution in [1.29, 1.82) is 0 Å². The van der Waals surface area contributed by atoms with Crippen LogP contribution in [-0.4, -0.2) is 48.3 Å². The summed E-state index contributed by atoms with van der Waals surface area (Å²) in [5, 5.41) is 7.66. The molecule has 6 heteroatoms. The Morgan fingerprint density at radius 1 is 1.10 bits per heavy atom. The summed E-state index contributed by atoms with van der Waals surface area (Å²) in [5.41, 5.74) is 5.29. The maximum Gasteiger partial charge on any atom is 0.227 e. The summed E-state index contributed by atoms with van der Waals surface area (Å²) in [5.74, 6) is 1.72. The first-order valence-electron chi connectivity index (χ1n) is 10.2. The van der Waals surface area contributed by atoms with Crippen LogP contribution in [0.2, 0.25) is 0 Å². The topological polar surface area (TPSA) is 67.5 Å². The van der Waals surface area contributed by atoms with Crippen LogP contribution in [0.25, 0.3) is 11.3 Å². The Bertz CT molecular complexity index is 1030. The Labute approximate surface area is 176 Å². The van der Waals surface area contributed by atoms with Crippen molar-refractivity contribution >= 4 is 5.91 Å². The highest BCUT2D eigenvalue weighted by atomic mass is 16.5. The molecule has 2 aromatic carbocycles. The maximum atomic E-state index is 12.8. The number of carbonyl (C=O) groups excluding carboxylic acids is 1. The van der Waals surface area contributed by atoms with Gasteiger partial charge < -0.3 is 14.4 Å². The number of amides is 1. The van der Waals surface area contributed by atoms with Gasteiger partial charge in [0, 0.05) is 30.3 Å². The number of nitrogens with one attached hydrogen (secondary N) is 1. The largest absolute Gasteiger partial charge is 0.493 e. The minimum Gasteiger partial charge on any atom is -0.493 e. The van der Waals surface area contributed by atoms with Gasteiger partial charge in [-0.3, -0.25) is 9.89 Å². The van der Waals surface area contributed by atoms with E-state index >= 15 is 0 Å². The molecule has 1 aliphatic heterocycles. The van der Waals surface area contributed by atoms with Crippen molar-refractivity contribution in [2.45, 2.75) is 25.7 Å². The van der Waals surface area contributed by atoms with Crippen LogP contribution in [-0.2, 0) is 11.2 Å². The number of rotatable bonds is 6. The van der Waals surface area contributed by atoms with Crippen LogP contribution in [0.5, 0.6) is 11.5 Å². The lowest BCUT2D eigenvalue weighted by atomic mass is 10.0. The number of H-pyrrole nitrogens is 1. The number of hydrogen-bond donors (Lipinski definition) is 1. The van der Waals surface area contributed by atoms with Crippen molar-refractivity contribution in [1.82, 2.24) is 15.1 Å². The quantitative estimate of drug-likeness (QED) is 0.674. The van der Waals surface area contributed by atoms with Crippen molar-refractivity contribution < 1.29 is 14.3 Å². The fourth-order valence-corrected chi connectivity index (χ4v) is 3.94. The standard InChI is InChI=1S/C24H27N3O3/c1-16-4-7-18(8-5-16)20-14-21(26-25-20)19-10-11-27(15-19)24(28)13-17-6-9-22(29-2)23(12-17)30-3/h4-9,12,14,19H,10-11,13,15H2,1-3H3,(H,25,26). The van der Waals surface area contributed by atoms with E-state index in [0.29, 0.717) is 24.5 Å². The Morgan fingerprint density at radius 3 is 2.60 bits per heavy atom. The summed E-state index contributed by atoms with van der Waals surface area (Å²) in [6.45, 7) is 3.54. The molecular weight excluding hydrogens is 378 g/mol. The molecule has 1 unspecified atom stereocenters. The van der Waals surface area contributed by atoms with E-state index in [4.69, 9.17) is 9.47 Å². The fourth-order valence-electron chi connectivity index (χ4n) is 3.94. The first-order valence-corrected chi connectivity index (χ1v) is 10.2. The molecule has 1 aliphatic rings. The van der Waals surface area contributed by atoms with Gasteiger partial charge in [-0.05, 0) is 37.1 Å². The molecule has 1 N–H and O–H groups in total. The average Bonchev–Trinajstić information content (AvgIpc) is 3.44. The molecule has 0 spiro atoms. The van der Waals surface area contributed by atoms with E-state index in [1.165, 1.54) is 5.56 Å². The van der Waals surface area contributed by atoms with Crippen LogP contribution in [0, 0.1) is 6.92 Å². The maximum absolute atomic E-state index is 12.8. The fraction of sp³-hybridized carbons (Fsp3) is 0.333. The Morgan fingerprint density at radius 2 is 1.87 bits per heavy atom. The monoisotopic (exact) mass is 405 g/mol. The van der Waals surface area contributed by atoms with E-state index in [2.05, 4.69) is 47.5 Å². The molecule has 3 aromatic rings. The first-order chi connectivity index (χ1) is 14.6. The van der Waals surface area contributed by atoms with Gasteiger partial charge in [-0.2, -0.15) is 5.10 Å². The number of aromatic nitrogens is 2. The summed E-state index contributed by atoms with van der Waals surface area (Å²) in [4.78, 5) is 14.8. The van der Waals surface area contributed by atoms with Crippen LogP contribution in [0.4, 0.5) is 0 Å². The zero-order valence-corrected chi connectivity index (χ0v) is 17.6. The van der Waals surface area contributed by atoms with Crippen molar-refractivity contribution in [3.8, 4) is 22.8 Å². The molecule has 0 aliphatic carbocycles. The highest BCUT2D eigenvalue weighted by molar-refractivity contribution is 5.79. The van der Waals surface area contributed by atoms with Gasteiger partial charge >= 0.3 is 0 Å². The number of aromatic amines is 1. The second-order valence-electron chi connectivity index (χ2n) is 7.77. The molecule has 0 radical (unpaired) electrons. The number of carbonyl (C=O) groups is 1. The molecule has 1 aromatic heterocycles. The van der Waals surface area contributed by atoms with E-state index in [1.807, 2.05) is 23.1 Å². The SMILES string of the molecule is COc1ccc(CC(=O)N2CCC(c3cc(-c4ccc(C)cc4)n[nH]3)C2)cc1OC. The highest BCUT2D eigenvalue weighted by Gasteiger charge is 2.28. The number of hydrogen-bond acceptors (Lipinski definition) is 4. The third-order valence-corrected chi connectivity index (χ3v) is 5.73. The summed E-state index contributed by atoms with van der Waals surface area (Å²) in [7, 11) is 3.20. The van der Waals surface area contributed by atoms with Gasteiger partial charge in [0.1, 0.15) is 0 Å². The molecule has 1 amide bonds. The van der Waals surface area contributed by atoms with Crippen molar-refractivity contribution in [3.63, 3.8) is 0 Å². The minimum atomic E-state index is 0.128. The zero-order valence-electron chi connectivity index (χ0n) is 17.6. The first kappa shape index (κ1) is 20.0. The van der Waals surface area contributed by atoms with E-state index in [-0.39, 0.29) is 11.8 Å². The Balaban J connectivity index is 1.40. The smallest absolute Gasteiger partial charge is 0.227 e. The van der Waals surface area contributed by atoms with E-state index < -0.39 is 0 Å². The van der Waals surface area contributed by atoms with Crippen LogP contribution in [0.15, 0.2) is 48.5 Å². The van der Waals surface area contributed by atoms with E-state index in [0.717, 1.165) is 35.5 Å². The molecule has 1 atom stereocenters. The van der Waals surface area contributed by atoms with Gasteiger partial charge in [0.15, 0.2) is 11.5 Å². The normalized spacial score (nSPS) is 16.0. The summed E-state index contributed by atoms with van der Waals surface area (Å²) < 4.78 is 10.6. The predicted octanol–water partition coefficient (Wildman–Crippen LogP) is 3.96. The molecular formula is C24H27N3O3. The second kappa shape index (κ2) is 8.61. The number of likely N-dealkylation sites (tertiary alicyclic amines) is 1. The van der Waals surface area contributed by atoms with Crippen molar-refractivity contribution in [2.75, 3.05) is 27.3 Å². The van der Waals surface area contributed by atoms with Gasteiger partial charge in [0.05, 0.1) is 26.3 Å². The summed E-state index contributed by atoms with van der Waals surface area (Å²) >= 11 is 0. The zero-order chi connectivity index (χ0) is 21.1. The number of methoxy groups -OCH3 is 2. The Hall–Kier alpha value is -3.28. The van der Waals surface area contributed by atoms with Gasteiger partial charge in [0.2, 0.25) is 5.91 Å². The summed E-state index contributed by atoms with van der Waals surface area (Å²) in [6.07, 6.45) is 1.29. The number of aryl methyl sites for hydroxylation is 1. The molecule has 6 nitrogen and oxygen atoms in total. The average molecular weight is 405 g/mol. The van der Waals surface area contributed by atoms with E-state index in [1.54, 1.807) is 14.2 Å². The van der Waals surface area contributed by atoms with Gasteiger partial charge in [0.25, 0.3) is 0 Å². The molecule has 1 fully saturated rings. The lowest BCUT2D eigenvalue weighted by molar-refractivity contribution is -0.129. The molecule has 30 heavy (non-hydrogen) atoms. The minimum absolute atomic E-state index is 0.128. The second-order valence-corrected chi connectivity index (χ2v) is 7.77. The number of nitrogens with zero attached hydrogens (tertiary/aromatic N) is 2. The lowest BCUT2D eigenvalue weighted by Crippen LogP contribution is -2.29. The van der Waals surface area contributed by atoms with Crippen LogP contribution < -0.4 is 9.47 Å².